The summed E-state index contributed by atoms with van der Waals surface area (Å²) in [7, 11) is 0. The molecule has 2 aromatic carbocycles. The molecule has 2 aliphatic carbocycles. The van der Waals surface area contributed by atoms with Crippen molar-refractivity contribution in [1.82, 2.24) is 10.6 Å². The molecule has 0 radical (unpaired) electrons. The monoisotopic (exact) mass is 450 g/mol. The van der Waals surface area contributed by atoms with E-state index in [4.69, 9.17) is 9.47 Å². The third kappa shape index (κ3) is 4.30. The Morgan fingerprint density at radius 3 is 2.27 bits per heavy atom. The molecule has 0 bridgehead atoms. The van der Waals surface area contributed by atoms with Crippen LogP contribution in [0.15, 0.2) is 48.5 Å². The standard InChI is InChI=1S/C25H26N2O6/c28-21(26-20-9-12-32-22(20)23(29)30)13-25(10-11-25)27-24(31)33-14-19-17-7-3-1-5-15(17)16-6-2-4-8-18(16)19/h1-8,19-20,22H,9-14H2,(H,26,28)(H,27,31)(H,29,30)/t20-,22+/m0/s1. The second-order valence-electron chi connectivity index (χ2n) is 9.00. The van der Waals surface area contributed by atoms with E-state index in [9.17, 15) is 19.5 Å². The third-order valence-electron chi connectivity index (χ3n) is 6.74. The Kier molecular flexibility index (Phi) is 5.54. The highest BCUT2D eigenvalue weighted by Gasteiger charge is 2.47. The zero-order valence-electron chi connectivity index (χ0n) is 18.1. The van der Waals surface area contributed by atoms with Crippen LogP contribution in [0.25, 0.3) is 11.1 Å². The minimum atomic E-state index is -1.09. The molecule has 5 rings (SSSR count). The van der Waals surface area contributed by atoms with Crippen molar-refractivity contribution < 1.29 is 29.0 Å². The summed E-state index contributed by atoms with van der Waals surface area (Å²) in [4.78, 5) is 36.3. The molecule has 0 unspecified atom stereocenters. The average molecular weight is 450 g/mol. The van der Waals surface area contributed by atoms with Crippen LogP contribution in [0, 0.1) is 0 Å². The number of fused-ring (bicyclic) bond motifs is 3. The van der Waals surface area contributed by atoms with Gasteiger partial charge in [0.2, 0.25) is 5.91 Å². The van der Waals surface area contributed by atoms with Crippen LogP contribution < -0.4 is 10.6 Å². The van der Waals surface area contributed by atoms with Gasteiger partial charge in [0.05, 0.1) is 11.6 Å². The molecule has 2 fully saturated rings. The van der Waals surface area contributed by atoms with Crippen molar-refractivity contribution >= 4 is 18.0 Å². The van der Waals surface area contributed by atoms with Crippen LogP contribution >= 0.6 is 0 Å². The Morgan fingerprint density at radius 1 is 1.03 bits per heavy atom. The predicted molar refractivity (Wildman–Crippen MR) is 119 cm³/mol. The summed E-state index contributed by atoms with van der Waals surface area (Å²) >= 11 is 0. The molecule has 1 saturated heterocycles. The fraction of sp³-hybridized carbons (Fsp3) is 0.400. The van der Waals surface area contributed by atoms with Crippen LogP contribution in [0.2, 0.25) is 0 Å². The molecule has 2 aromatic rings. The Morgan fingerprint density at radius 2 is 1.67 bits per heavy atom. The van der Waals surface area contributed by atoms with Crippen LogP contribution in [0.5, 0.6) is 0 Å². The normalized spacial score (nSPS) is 22.2. The molecule has 33 heavy (non-hydrogen) atoms. The number of benzene rings is 2. The Labute approximate surface area is 191 Å². The molecule has 172 valence electrons. The molecule has 1 saturated carbocycles. The van der Waals surface area contributed by atoms with E-state index >= 15 is 0 Å². The number of carboxylic acid groups (broad SMARTS) is 1. The van der Waals surface area contributed by atoms with Gasteiger partial charge in [-0.3, -0.25) is 4.79 Å². The van der Waals surface area contributed by atoms with Crippen molar-refractivity contribution in [2.45, 2.75) is 49.3 Å². The van der Waals surface area contributed by atoms with E-state index in [1.165, 1.54) is 0 Å². The van der Waals surface area contributed by atoms with Gasteiger partial charge in [-0.1, -0.05) is 48.5 Å². The third-order valence-corrected chi connectivity index (χ3v) is 6.74. The first-order valence-corrected chi connectivity index (χ1v) is 11.2. The number of nitrogens with one attached hydrogen (secondary N) is 2. The maximum atomic E-state index is 12.6. The molecule has 1 heterocycles. The minimum absolute atomic E-state index is 0.0306. The first kappa shape index (κ1) is 21.5. The second-order valence-corrected chi connectivity index (χ2v) is 9.00. The summed E-state index contributed by atoms with van der Waals surface area (Å²) in [5, 5.41) is 14.8. The number of ether oxygens (including phenoxy) is 2. The van der Waals surface area contributed by atoms with Gasteiger partial charge in [0.15, 0.2) is 6.10 Å². The van der Waals surface area contributed by atoms with Gasteiger partial charge in [0.25, 0.3) is 0 Å². The largest absolute Gasteiger partial charge is 0.479 e. The van der Waals surface area contributed by atoms with E-state index in [-0.39, 0.29) is 24.9 Å². The summed E-state index contributed by atoms with van der Waals surface area (Å²) < 4.78 is 10.8. The van der Waals surface area contributed by atoms with Crippen molar-refractivity contribution in [3.63, 3.8) is 0 Å². The molecule has 2 atom stereocenters. The van der Waals surface area contributed by atoms with Gasteiger partial charge in [-0.05, 0) is 41.5 Å². The van der Waals surface area contributed by atoms with Crippen molar-refractivity contribution in [3.05, 3.63) is 59.7 Å². The lowest BCUT2D eigenvalue weighted by Gasteiger charge is -2.21. The highest BCUT2D eigenvalue weighted by molar-refractivity contribution is 5.82. The maximum Gasteiger partial charge on any atom is 0.407 e. The molecule has 2 amide bonds. The van der Waals surface area contributed by atoms with Crippen LogP contribution in [0.4, 0.5) is 4.79 Å². The number of alkyl carbamates (subject to hydrolysis) is 1. The molecule has 1 aliphatic heterocycles. The zero-order valence-corrected chi connectivity index (χ0v) is 18.1. The Bertz CT molecular complexity index is 1050. The van der Waals surface area contributed by atoms with E-state index in [0.717, 1.165) is 22.3 Å². The summed E-state index contributed by atoms with van der Waals surface area (Å²) in [5.74, 6) is -1.42. The number of carboxylic acids is 1. The molecular weight excluding hydrogens is 424 g/mol. The van der Waals surface area contributed by atoms with Crippen LogP contribution in [-0.2, 0) is 19.1 Å². The SMILES string of the molecule is O=C(CC1(NC(=O)OCC2c3ccccc3-c3ccccc32)CC1)N[C@H]1CCO[C@H]1C(=O)O. The first-order valence-electron chi connectivity index (χ1n) is 11.2. The lowest BCUT2D eigenvalue weighted by Crippen LogP contribution is -2.47. The van der Waals surface area contributed by atoms with E-state index in [0.29, 0.717) is 25.9 Å². The number of aliphatic carboxylic acids is 1. The number of carbonyl (C=O) groups is 3. The van der Waals surface area contributed by atoms with Crippen molar-refractivity contribution in [3.8, 4) is 11.1 Å². The van der Waals surface area contributed by atoms with E-state index in [2.05, 4.69) is 34.9 Å². The fourth-order valence-corrected chi connectivity index (χ4v) is 4.89. The summed E-state index contributed by atoms with van der Waals surface area (Å²) in [5.41, 5.74) is 3.96. The highest BCUT2D eigenvalue weighted by atomic mass is 16.5. The summed E-state index contributed by atoms with van der Waals surface area (Å²) in [6.07, 6.45) is 0.312. The summed E-state index contributed by atoms with van der Waals surface area (Å²) in [6, 6.07) is 15.7. The molecule has 8 nitrogen and oxygen atoms in total. The van der Waals surface area contributed by atoms with Gasteiger partial charge in [-0.2, -0.15) is 0 Å². The number of amides is 2. The lowest BCUT2D eigenvalue weighted by molar-refractivity contribution is -0.148. The quantitative estimate of drug-likeness (QED) is 0.598. The zero-order chi connectivity index (χ0) is 23.0. The van der Waals surface area contributed by atoms with Gasteiger partial charge in [-0.25, -0.2) is 9.59 Å². The van der Waals surface area contributed by atoms with Gasteiger partial charge >= 0.3 is 12.1 Å². The minimum Gasteiger partial charge on any atom is -0.479 e. The summed E-state index contributed by atoms with van der Waals surface area (Å²) in [6.45, 7) is 0.507. The fourth-order valence-electron chi connectivity index (χ4n) is 4.89. The molecule has 0 aromatic heterocycles. The maximum absolute atomic E-state index is 12.6. The van der Waals surface area contributed by atoms with Gasteiger partial charge in [0.1, 0.15) is 6.61 Å². The Balaban J connectivity index is 1.16. The molecule has 3 aliphatic rings. The number of hydrogen-bond acceptors (Lipinski definition) is 5. The number of carbonyl (C=O) groups excluding carboxylic acids is 2. The van der Waals surface area contributed by atoms with Gasteiger partial charge in [-0.15, -0.1) is 0 Å². The first-order chi connectivity index (χ1) is 16.0. The molecule has 3 N–H and O–H groups in total. The van der Waals surface area contributed by atoms with Crippen LogP contribution in [-0.4, -0.2) is 54.0 Å². The van der Waals surface area contributed by atoms with Gasteiger partial charge in [0, 0.05) is 18.9 Å². The van der Waals surface area contributed by atoms with E-state index in [1.54, 1.807) is 0 Å². The molecule has 0 spiro atoms. The topological polar surface area (TPSA) is 114 Å². The average Bonchev–Trinajstić information content (AvgIpc) is 3.24. The lowest BCUT2D eigenvalue weighted by atomic mass is 9.98. The van der Waals surface area contributed by atoms with Gasteiger partial charge < -0.3 is 25.2 Å². The second kappa shape index (κ2) is 8.51. The van der Waals surface area contributed by atoms with Crippen LogP contribution in [0.1, 0.15) is 42.7 Å². The number of hydrogen-bond donors (Lipinski definition) is 3. The smallest absolute Gasteiger partial charge is 0.407 e. The van der Waals surface area contributed by atoms with Crippen molar-refractivity contribution in [1.29, 1.82) is 0 Å². The molecular formula is C25H26N2O6. The van der Waals surface area contributed by atoms with Crippen molar-refractivity contribution in [2.75, 3.05) is 13.2 Å². The Hall–Kier alpha value is -3.39. The van der Waals surface area contributed by atoms with Crippen LogP contribution in [0.3, 0.4) is 0 Å². The highest BCUT2D eigenvalue weighted by Crippen LogP contribution is 2.44. The van der Waals surface area contributed by atoms with E-state index in [1.807, 2.05) is 24.3 Å². The predicted octanol–water partition coefficient (Wildman–Crippen LogP) is 2.81. The van der Waals surface area contributed by atoms with Crippen molar-refractivity contribution in [2.24, 2.45) is 0 Å². The van der Waals surface area contributed by atoms with E-state index < -0.39 is 29.7 Å². The number of rotatable bonds is 7. The molecule has 8 heteroatoms.